The maximum absolute atomic E-state index is 12.0. The van der Waals surface area contributed by atoms with Crippen LogP contribution in [0.25, 0.3) is 0 Å². The summed E-state index contributed by atoms with van der Waals surface area (Å²) in [6.07, 6.45) is 8.88. The molecule has 1 aliphatic carbocycles. The first kappa shape index (κ1) is 18.5. The van der Waals surface area contributed by atoms with Crippen LogP contribution in [0.15, 0.2) is 24.5 Å². The van der Waals surface area contributed by atoms with Crippen molar-refractivity contribution < 1.29 is 14.3 Å². The third kappa shape index (κ3) is 5.61. The molecule has 1 saturated heterocycles. The lowest BCUT2D eigenvalue weighted by Gasteiger charge is -2.29. The van der Waals surface area contributed by atoms with E-state index in [9.17, 15) is 9.59 Å². The Kier molecular flexibility index (Phi) is 6.68. The molecule has 3 amide bonds. The highest BCUT2D eigenvalue weighted by Gasteiger charge is 2.25. The molecule has 26 heavy (non-hydrogen) atoms. The Morgan fingerprint density at radius 1 is 1.08 bits per heavy atom. The van der Waals surface area contributed by atoms with Gasteiger partial charge in [-0.1, -0.05) is 0 Å². The predicted octanol–water partition coefficient (Wildman–Crippen LogP) is 2.67. The van der Waals surface area contributed by atoms with Crippen LogP contribution >= 0.6 is 0 Å². The number of urea groups is 1. The van der Waals surface area contributed by atoms with Crippen molar-refractivity contribution in [2.45, 2.75) is 51.2 Å². The third-order valence-electron chi connectivity index (χ3n) is 5.19. The zero-order valence-corrected chi connectivity index (χ0v) is 15.2. The Balaban J connectivity index is 1.29. The van der Waals surface area contributed by atoms with Crippen LogP contribution < -0.4 is 10.6 Å². The van der Waals surface area contributed by atoms with Crippen LogP contribution in [0.4, 0.5) is 9.59 Å². The van der Waals surface area contributed by atoms with Gasteiger partial charge in [0.25, 0.3) is 0 Å². The van der Waals surface area contributed by atoms with Crippen LogP contribution in [-0.4, -0.2) is 47.7 Å². The minimum absolute atomic E-state index is 0.0297. The maximum atomic E-state index is 12.0. The lowest BCUT2D eigenvalue weighted by Crippen LogP contribution is -2.41. The molecule has 1 saturated carbocycles. The minimum atomic E-state index is -0.368. The molecule has 2 heterocycles. The molecular weight excluding hydrogens is 332 g/mol. The average Bonchev–Trinajstić information content (AvgIpc) is 3.21. The molecule has 1 aromatic rings. The highest BCUT2D eigenvalue weighted by atomic mass is 16.6. The summed E-state index contributed by atoms with van der Waals surface area (Å²) in [6, 6.07) is 3.79. The van der Waals surface area contributed by atoms with Gasteiger partial charge >= 0.3 is 12.1 Å². The lowest BCUT2D eigenvalue weighted by atomic mass is 9.87. The number of carbonyl (C=O) groups excluding carboxylic acids is 2. The molecule has 2 aliphatic rings. The van der Waals surface area contributed by atoms with Crippen LogP contribution in [0.5, 0.6) is 0 Å². The largest absolute Gasteiger partial charge is 0.446 e. The Morgan fingerprint density at radius 2 is 1.77 bits per heavy atom. The topological polar surface area (TPSA) is 83.6 Å². The summed E-state index contributed by atoms with van der Waals surface area (Å²) in [5.41, 5.74) is 0.995. The third-order valence-corrected chi connectivity index (χ3v) is 5.19. The van der Waals surface area contributed by atoms with Crippen molar-refractivity contribution in [1.82, 2.24) is 20.5 Å². The molecule has 1 aromatic heterocycles. The van der Waals surface area contributed by atoms with Gasteiger partial charge in [0.2, 0.25) is 0 Å². The number of nitrogens with zero attached hydrogens (tertiary/aromatic N) is 2. The normalized spacial score (nSPS) is 22.7. The van der Waals surface area contributed by atoms with Crippen molar-refractivity contribution in [2.24, 2.45) is 5.92 Å². The zero-order chi connectivity index (χ0) is 18.2. The van der Waals surface area contributed by atoms with Gasteiger partial charge in [0.1, 0.15) is 6.10 Å². The van der Waals surface area contributed by atoms with Crippen LogP contribution in [-0.2, 0) is 11.3 Å². The van der Waals surface area contributed by atoms with Crippen molar-refractivity contribution in [1.29, 1.82) is 0 Å². The lowest BCUT2D eigenvalue weighted by molar-refractivity contribution is 0.0641. The van der Waals surface area contributed by atoms with E-state index in [2.05, 4.69) is 15.6 Å². The molecule has 2 N–H and O–H groups in total. The molecule has 7 nitrogen and oxygen atoms in total. The van der Waals surface area contributed by atoms with Crippen molar-refractivity contribution in [2.75, 3.05) is 19.6 Å². The van der Waals surface area contributed by atoms with E-state index in [1.807, 2.05) is 17.0 Å². The summed E-state index contributed by atoms with van der Waals surface area (Å²) in [5, 5.41) is 5.83. The van der Waals surface area contributed by atoms with Gasteiger partial charge in [-0.2, -0.15) is 0 Å². The molecule has 0 atom stereocenters. The second-order valence-electron chi connectivity index (χ2n) is 7.14. The predicted molar refractivity (Wildman–Crippen MR) is 97.5 cm³/mol. The summed E-state index contributed by atoms with van der Waals surface area (Å²) in [4.78, 5) is 29.8. The van der Waals surface area contributed by atoms with Crippen molar-refractivity contribution in [3.63, 3.8) is 0 Å². The van der Waals surface area contributed by atoms with E-state index in [1.165, 1.54) is 0 Å². The van der Waals surface area contributed by atoms with Gasteiger partial charge in [-0.3, -0.25) is 4.98 Å². The van der Waals surface area contributed by atoms with Crippen molar-refractivity contribution >= 4 is 12.1 Å². The van der Waals surface area contributed by atoms with Crippen LogP contribution in [0.1, 0.15) is 44.1 Å². The molecule has 142 valence electrons. The monoisotopic (exact) mass is 360 g/mol. The summed E-state index contributed by atoms with van der Waals surface area (Å²) in [7, 11) is 0. The Labute approximate surface area is 154 Å². The summed E-state index contributed by atoms with van der Waals surface area (Å²) in [6.45, 7) is 2.91. The SMILES string of the molecule is O=C(NCc1ccncc1)OC1CCC(CNC(=O)N2CCCC2)CC1. The standard InChI is InChI=1S/C19H28N4O3/c24-18(23-11-1-2-12-23)21-13-15-3-5-17(6-4-15)26-19(25)22-14-16-7-9-20-10-8-16/h7-10,15,17H,1-6,11-14H2,(H,21,24)(H,22,25). The van der Waals surface area contributed by atoms with Crippen LogP contribution in [0.2, 0.25) is 0 Å². The zero-order valence-electron chi connectivity index (χ0n) is 15.2. The highest BCUT2D eigenvalue weighted by molar-refractivity contribution is 5.74. The fourth-order valence-electron chi connectivity index (χ4n) is 3.59. The van der Waals surface area contributed by atoms with E-state index in [0.717, 1.165) is 63.7 Å². The number of likely N-dealkylation sites (tertiary alicyclic amines) is 1. The smallest absolute Gasteiger partial charge is 0.407 e. The van der Waals surface area contributed by atoms with Gasteiger partial charge in [-0.15, -0.1) is 0 Å². The number of hydrogen-bond donors (Lipinski definition) is 2. The highest BCUT2D eigenvalue weighted by Crippen LogP contribution is 2.26. The van der Waals surface area contributed by atoms with E-state index in [1.54, 1.807) is 12.4 Å². The first-order valence-electron chi connectivity index (χ1n) is 9.57. The van der Waals surface area contributed by atoms with E-state index < -0.39 is 0 Å². The first-order valence-corrected chi connectivity index (χ1v) is 9.57. The number of hydrogen-bond acceptors (Lipinski definition) is 4. The number of pyridine rings is 1. The number of rotatable bonds is 5. The Morgan fingerprint density at radius 3 is 2.46 bits per heavy atom. The molecule has 7 heteroatoms. The van der Waals surface area contributed by atoms with E-state index in [-0.39, 0.29) is 18.2 Å². The van der Waals surface area contributed by atoms with Gasteiger partial charge in [-0.05, 0) is 62.1 Å². The Bertz CT molecular complexity index is 582. The molecule has 0 bridgehead atoms. The van der Waals surface area contributed by atoms with Gasteiger partial charge in [0.05, 0.1) is 0 Å². The van der Waals surface area contributed by atoms with Crippen LogP contribution in [0, 0.1) is 5.92 Å². The summed E-state index contributed by atoms with van der Waals surface area (Å²) in [5.74, 6) is 0.473. The molecular formula is C19H28N4O3. The van der Waals surface area contributed by atoms with Gasteiger partial charge in [-0.25, -0.2) is 9.59 Å². The molecule has 0 radical (unpaired) electrons. The fraction of sp³-hybridized carbons (Fsp3) is 0.632. The molecule has 3 rings (SSSR count). The number of ether oxygens (including phenoxy) is 1. The molecule has 0 spiro atoms. The number of amides is 3. The van der Waals surface area contributed by atoms with E-state index in [4.69, 9.17) is 4.74 Å². The number of aromatic nitrogens is 1. The van der Waals surface area contributed by atoms with E-state index >= 15 is 0 Å². The molecule has 0 aromatic carbocycles. The number of carbonyl (C=O) groups is 2. The second-order valence-corrected chi connectivity index (χ2v) is 7.14. The fourth-order valence-corrected chi connectivity index (χ4v) is 3.59. The maximum Gasteiger partial charge on any atom is 0.407 e. The van der Waals surface area contributed by atoms with E-state index in [0.29, 0.717) is 12.5 Å². The molecule has 1 aliphatic heterocycles. The van der Waals surface area contributed by atoms with Gasteiger partial charge < -0.3 is 20.3 Å². The summed E-state index contributed by atoms with van der Waals surface area (Å²) < 4.78 is 5.51. The second kappa shape index (κ2) is 9.40. The molecule has 2 fully saturated rings. The number of nitrogens with one attached hydrogen (secondary N) is 2. The van der Waals surface area contributed by atoms with Gasteiger partial charge in [0, 0.05) is 38.6 Å². The van der Waals surface area contributed by atoms with Crippen molar-refractivity contribution in [3.05, 3.63) is 30.1 Å². The van der Waals surface area contributed by atoms with Gasteiger partial charge in [0.15, 0.2) is 0 Å². The van der Waals surface area contributed by atoms with Crippen molar-refractivity contribution in [3.8, 4) is 0 Å². The Hall–Kier alpha value is -2.31. The number of alkyl carbamates (subject to hydrolysis) is 1. The minimum Gasteiger partial charge on any atom is -0.446 e. The molecule has 0 unspecified atom stereocenters. The summed E-state index contributed by atoms with van der Waals surface area (Å²) >= 11 is 0. The first-order chi connectivity index (χ1) is 12.7. The average molecular weight is 360 g/mol. The quantitative estimate of drug-likeness (QED) is 0.846. The van der Waals surface area contributed by atoms with Crippen LogP contribution in [0.3, 0.4) is 0 Å².